The standard InChI is InChI=1S/C28H58NO4PS2/c30-34(31,32)33-27-25-23-21-19-17-15-13-11-9-7-5-3-1-2-4-6-8-10-12-14-16-18-20-22-24-26-29-28(35)36/h1-27H2,(H2,29,35,36)(H2,30,31,32). The van der Waals surface area contributed by atoms with Crippen molar-refractivity contribution in [3.63, 3.8) is 0 Å². The van der Waals surface area contributed by atoms with Crippen LogP contribution in [0, 0.1) is 0 Å². The third kappa shape index (κ3) is 34.4. The van der Waals surface area contributed by atoms with Crippen LogP contribution in [0.2, 0.25) is 0 Å². The van der Waals surface area contributed by atoms with Crippen LogP contribution in [-0.4, -0.2) is 27.3 Å². The molecule has 3 N–H and O–H groups in total. The molecule has 0 fully saturated rings. The molecule has 0 aliphatic rings. The average molecular weight is 568 g/mol. The van der Waals surface area contributed by atoms with Crippen molar-refractivity contribution in [1.82, 2.24) is 5.32 Å². The zero-order chi connectivity index (χ0) is 26.6. The second-order valence-electron chi connectivity index (χ2n) is 10.4. The lowest BCUT2D eigenvalue weighted by atomic mass is 10.0. The molecule has 0 amide bonds. The molecule has 216 valence electrons. The van der Waals surface area contributed by atoms with E-state index in [-0.39, 0.29) is 6.61 Å². The average Bonchev–Trinajstić information content (AvgIpc) is 2.82. The SMILES string of the molecule is O=P(O)(O)OCCCCCCCCCCCCCCCCCCCCCCCCCCCNC(=S)S. The number of thiocarbonyl (C=S) groups is 1. The molecule has 0 unspecified atom stereocenters. The Morgan fingerprint density at radius 2 is 0.806 bits per heavy atom. The van der Waals surface area contributed by atoms with Gasteiger partial charge in [-0.1, -0.05) is 160 Å². The highest BCUT2D eigenvalue weighted by Gasteiger charge is 2.12. The summed E-state index contributed by atoms with van der Waals surface area (Å²) in [7, 11) is -4.27. The minimum absolute atomic E-state index is 0.165. The number of thiol groups is 1. The van der Waals surface area contributed by atoms with E-state index in [1.54, 1.807) is 0 Å². The molecule has 0 atom stereocenters. The van der Waals surface area contributed by atoms with Gasteiger partial charge in [0.2, 0.25) is 0 Å². The molecular formula is C28H58NO4PS2. The van der Waals surface area contributed by atoms with E-state index in [0.29, 0.717) is 4.32 Å². The molecule has 0 aliphatic carbocycles. The van der Waals surface area contributed by atoms with E-state index in [1.165, 1.54) is 141 Å². The Morgan fingerprint density at radius 3 is 1.06 bits per heavy atom. The number of hydrogen-bond acceptors (Lipinski definition) is 3. The van der Waals surface area contributed by atoms with Gasteiger partial charge in [-0.05, 0) is 12.8 Å². The zero-order valence-corrected chi connectivity index (χ0v) is 25.7. The van der Waals surface area contributed by atoms with Crippen molar-refractivity contribution in [3.8, 4) is 0 Å². The van der Waals surface area contributed by atoms with Crippen LogP contribution in [0.25, 0.3) is 0 Å². The number of hydrogen-bond donors (Lipinski definition) is 4. The predicted molar refractivity (Wildman–Crippen MR) is 163 cm³/mol. The number of rotatable bonds is 29. The molecule has 0 heterocycles. The topological polar surface area (TPSA) is 78.8 Å². The Kier molecular flexibility index (Phi) is 28.6. The molecule has 0 aromatic heterocycles. The Labute approximate surface area is 234 Å². The second-order valence-corrected chi connectivity index (χ2v) is 12.8. The summed E-state index contributed by atoms with van der Waals surface area (Å²) in [5.41, 5.74) is 0. The number of unbranched alkanes of at least 4 members (excludes halogenated alkanes) is 24. The number of phosphoric ester groups is 1. The Bertz CT molecular complexity index is 520. The summed E-state index contributed by atoms with van der Waals surface area (Å²) >= 11 is 8.95. The van der Waals surface area contributed by atoms with E-state index in [0.717, 1.165) is 25.8 Å². The number of nitrogens with one attached hydrogen (secondary N) is 1. The van der Waals surface area contributed by atoms with Crippen LogP contribution >= 0.6 is 32.7 Å². The van der Waals surface area contributed by atoms with Gasteiger partial charge < -0.3 is 15.1 Å². The maximum atomic E-state index is 10.6. The molecule has 0 saturated heterocycles. The summed E-state index contributed by atoms with van der Waals surface area (Å²) in [5, 5.41) is 3.10. The summed E-state index contributed by atoms with van der Waals surface area (Å²) in [6.45, 7) is 1.14. The molecular weight excluding hydrogens is 509 g/mol. The van der Waals surface area contributed by atoms with Gasteiger partial charge in [-0.15, -0.1) is 12.6 Å². The highest BCUT2D eigenvalue weighted by molar-refractivity contribution is 8.11. The quantitative estimate of drug-likeness (QED) is 0.0312. The summed E-state index contributed by atoms with van der Waals surface area (Å²) < 4.78 is 15.6. The lowest BCUT2D eigenvalue weighted by Crippen LogP contribution is -2.17. The van der Waals surface area contributed by atoms with Crippen molar-refractivity contribution < 1.29 is 18.9 Å². The van der Waals surface area contributed by atoms with Gasteiger partial charge in [0.25, 0.3) is 0 Å². The monoisotopic (exact) mass is 567 g/mol. The van der Waals surface area contributed by atoms with E-state index >= 15 is 0 Å². The molecule has 0 aromatic rings. The third-order valence-corrected chi connectivity index (χ3v) is 7.68. The first-order chi connectivity index (χ1) is 17.4. The third-order valence-electron chi connectivity index (χ3n) is 6.86. The van der Waals surface area contributed by atoms with E-state index in [2.05, 4.69) is 22.5 Å². The highest BCUT2D eigenvalue weighted by Crippen LogP contribution is 2.35. The first-order valence-electron chi connectivity index (χ1n) is 15.1. The molecule has 0 spiro atoms. The molecule has 0 saturated carbocycles. The van der Waals surface area contributed by atoms with Crippen LogP contribution < -0.4 is 5.32 Å². The van der Waals surface area contributed by atoms with Crippen LogP contribution in [-0.2, 0) is 9.09 Å². The second kappa shape index (κ2) is 28.4. The Morgan fingerprint density at radius 1 is 0.556 bits per heavy atom. The summed E-state index contributed by atoms with van der Waals surface area (Å²) in [6.07, 6.45) is 33.1. The Balaban J connectivity index is 3.05. The lowest BCUT2D eigenvalue weighted by molar-refractivity contribution is 0.193. The van der Waals surface area contributed by atoms with E-state index in [9.17, 15) is 4.57 Å². The van der Waals surface area contributed by atoms with E-state index < -0.39 is 7.82 Å². The zero-order valence-electron chi connectivity index (χ0n) is 23.1. The molecule has 0 aliphatic heterocycles. The van der Waals surface area contributed by atoms with Gasteiger partial charge in [0.05, 0.1) is 6.61 Å². The summed E-state index contributed by atoms with van der Waals surface area (Å²) in [5.74, 6) is 0. The van der Waals surface area contributed by atoms with Crippen molar-refractivity contribution in [2.45, 2.75) is 161 Å². The molecule has 0 bridgehead atoms. The molecule has 5 nitrogen and oxygen atoms in total. The van der Waals surface area contributed by atoms with E-state index in [1.807, 2.05) is 0 Å². The first-order valence-corrected chi connectivity index (χ1v) is 17.5. The molecule has 36 heavy (non-hydrogen) atoms. The summed E-state index contributed by atoms with van der Waals surface area (Å²) in [4.78, 5) is 17.2. The maximum absolute atomic E-state index is 10.6. The fraction of sp³-hybridized carbons (Fsp3) is 0.964. The molecule has 8 heteroatoms. The van der Waals surface area contributed by atoms with Gasteiger partial charge in [0, 0.05) is 6.54 Å². The predicted octanol–water partition coefficient (Wildman–Crippen LogP) is 9.65. The van der Waals surface area contributed by atoms with Gasteiger partial charge in [-0.2, -0.15) is 0 Å². The molecule has 0 rings (SSSR count). The van der Waals surface area contributed by atoms with E-state index in [4.69, 9.17) is 22.0 Å². The Hall–Kier alpha value is 0.350. The largest absolute Gasteiger partial charge is 0.469 e. The fourth-order valence-corrected chi connectivity index (χ4v) is 5.25. The van der Waals surface area contributed by atoms with Crippen LogP contribution in [0.1, 0.15) is 161 Å². The van der Waals surface area contributed by atoms with Crippen molar-refractivity contribution >= 4 is 37.0 Å². The van der Waals surface area contributed by atoms with Gasteiger partial charge in [0.15, 0.2) is 0 Å². The van der Waals surface area contributed by atoms with Crippen LogP contribution in [0.4, 0.5) is 0 Å². The van der Waals surface area contributed by atoms with Crippen molar-refractivity contribution in [2.24, 2.45) is 0 Å². The summed E-state index contributed by atoms with van der Waals surface area (Å²) in [6, 6.07) is 0. The molecule has 0 aromatic carbocycles. The van der Waals surface area contributed by atoms with Crippen molar-refractivity contribution in [3.05, 3.63) is 0 Å². The van der Waals surface area contributed by atoms with Gasteiger partial charge in [-0.25, -0.2) is 4.57 Å². The van der Waals surface area contributed by atoms with Crippen LogP contribution in [0.3, 0.4) is 0 Å². The van der Waals surface area contributed by atoms with Crippen LogP contribution in [0.15, 0.2) is 0 Å². The minimum Gasteiger partial charge on any atom is -0.371 e. The van der Waals surface area contributed by atoms with Gasteiger partial charge in [-0.3, -0.25) is 4.52 Å². The smallest absolute Gasteiger partial charge is 0.371 e. The fourth-order valence-electron chi connectivity index (χ4n) is 4.67. The highest BCUT2D eigenvalue weighted by atomic mass is 32.1. The molecule has 0 radical (unpaired) electrons. The van der Waals surface area contributed by atoms with Crippen LogP contribution in [0.5, 0.6) is 0 Å². The number of phosphoric acid groups is 1. The first kappa shape index (κ1) is 36.4. The van der Waals surface area contributed by atoms with Crippen molar-refractivity contribution in [2.75, 3.05) is 13.2 Å². The minimum atomic E-state index is -4.27. The van der Waals surface area contributed by atoms with Gasteiger partial charge >= 0.3 is 7.82 Å². The van der Waals surface area contributed by atoms with Crippen molar-refractivity contribution in [1.29, 1.82) is 0 Å². The maximum Gasteiger partial charge on any atom is 0.469 e. The van der Waals surface area contributed by atoms with Gasteiger partial charge in [0.1, 0.15) is 4.32 Å². The normalized spacial score (nSPS) is 11.8. The lowest BCUT2D eigenvalue weighted by Gasteiger charge is -2.05.